The molecule has 1 rings (SSSR count). The van der Waals surface area contributed by atoms with E-state index in [0.717, 1.165) is 11.3 Å². The summed E-state index contributed by atoms with van der Waals surface area (Å²) in [4.78, 5) is 21.9. The van der Waals surface area contributed by atoms with Gasteiger partial charge in [0.1, 0.15) is 6.61 Å². The van der Waals surface area contributed by atoms with Crippen LogP contribution < -0.4 is 5.32 Å². The van der Waals surface area contributed by atoms with Gasteiger partial charge < -0.3 is 10.1 Å². The molecule has 4 heteroatoms. The lowest BCUT2D eigenvalue weighted by Crippen LogP contribution is -2.06. The van der Waals surface area contributed by atoms with E-state index in [9.17, 15) is 9.59 Å². The normalized spacial score (nSPS) is 9.47. The molecule has 1 aromatic rings. The first-order valence-electron chi connectivity index (χ1n) is 5.25. The van der Waals surface area contributed by atoms with Crippen LogP contribution in [0.25, 0.3) is 0 Å². The molecule has 0 spiro atoms. The number of ether oxygens (including phenoxy) is 1. The van der Waals surface area contributed by atoms with Gasteiger partial charge in [0.2, 0.25) is 5.91 Å². The Morgan fingerprint density at radius 3 is 2.53 bits per heavy atom. The van der Waals surface area contributed by atoms with E-state index in [4.69, 9.17) is 4.74 Å². The number of hydrogen-bond donors (Lipinski definition) is 1. The van der Waals surface area contributed by atoms with Crippen LogP contribution in [0.3, 0.4) is 0 Å². The van der Waals surface area contributed by atoms with Gasteiger partial charge in [-0.3, -0.25) is 9.59 Å². The van der Waals surface area contributed by atoms with E-state index >= 15 is 0 Å². The molecule has 0 fully saturated rings. The molecule has 1 amide bonds. The third-order valence-electron chi connectivity index (χ3n) is 1.99. The van der Waals surface area contributed by atoms with Gasteiger partial charge in [0, 0.05) is 12.6 Å². The first-order valence-corrected chi connectivity index (χ1v) is 5.25. The highest BCUT2D eigenvalue weighted by Crippen LogP contribution is 2.10. The molecule has 0 bridgehead atoms. The SMILES string of the molecule is C=CCC(=O)OCc1ccc(NC(C)=O)cc1. The van der Waals surface area contributed by atoms with E-state index in [2.05, 4.69) is 11.9 Å². The minimum atomic E-state index is -0.300. The summed E-state index contributed by atoms with van der Waals surface area (Å²) in [5, 5.41) is 2.66. The van der Waals surface area contributed by atoms with Crippen LogP contribution in [0.15, 0.2) is 36.9 Å². The molecule has 0 radical (unpaired) electrons. The zero-order valence-corrected chi connectivity index (χ0v) is 9.73. The van der Waals surface area contributed by atoms with Crippen LogP contribution in [0.2, 0.25) is 0 Å². The van der Waals surface area contributed by atoms with Crippen molar-refractivity contribution >= 4 is 17.6 Å². The molecule has 4 nitrogen and oxygen atoms in total. The molecule has 0 unspecified atom stereocenters. The maximum Gasteiger partial charge on any atom is 0.309 e. The van der Waals surface area contributed by atoms with Crippen molar-refractivity contribution in [2.24, 2.45) is 0 Å². The maximum absolute atomic E-state index is 11.1. The van der Waals surface area contributed by atoms with Gasteiger partial charge in [0.05, 0.1) is 6.42 Å². The molecule has 17 heavy (non-hydrogen) atoms. The molecule has 0 saturated heterocycles. The van der Waals surface area contributed by atoms with E-state index in [0.29, 0.717) is 0 Å². The molecule has 0 saturated carbocycles. The fourth-order valence-corrected chi connectivity index (χ4v) is 1.23. The topological polar surface area (TPSA) is 55.4 Å². The van der Waals surface area contributed by atoms with Gasteiger partial charge in [0.15, 0.2) is 0 Å². The number of hydrogen-bond acceptors (Lipinski definition) is 3. The molecule has 90 valence electrons. The van der Waals surface area contributed by atoms with Crippen LogP contribution in [-0.2, 0) is 20.9 Å². The molecule has 0 aliphatic rings. The first kappa shape index (κ1) is 13.0. The molecule has 1 aromatic carbocycles. The molecular weight excluding hydrogens is 218 g/mol. The Kier molecular flexibility index (Phi) is 4.94. The van der Waals surface area contributed by atoms with E-state index < -0.39 is 0 Å². The van der Waals surface area contributed by atoms with E-state index in [-0.39, 0.29) is 24.9 Å². The van der Waals surface area contributed by atoms with Crippen molar-refractivity contribution in [2.45, 2.75) is 20.0 Å². The molecule has 0 aliphatic carbocycles. The van der Waals surface area contributed by atoms with Gasteiger partial charge in [-0.2, -0.15) is 0 Å². The van der Waals surface area contributed by atoms with Crippen molar-refractivity contribution in [1.29, 1.82) is 0 Å². The average Bonchev–Trinajstić information content (AvgIpc) is 2.28. The number of carbonyl (C=O) groups is 2. The van der Waals surface area contributed by atoms with E-state index in [1.165, 1.54) is 13.0 Å². The summed E-state index contributed by atoms with van der Waals surface area (Å²) in [6, 6.07) is 7.12. The van der Waals surface area contributed by atoms with Gasteiger partial charge in [-0.05, 0) is 17.7 Å². The lowest BCUT2D eigenvalue weighted by atomic mass is 10.2. The highest BCUT2D eigenvalue weighted by molar-refractivity contribution is 5.88. The first-order chi connectivity index (χ1) is 8.11. The Morgan fingerprint density at radius 1 is 1.35 bits per heavy atom. The van der Waals surface area contributed by atoms with Crippen LogP contribution in [0.1, 0.15) is 18.9 Å². The number of esters is 1. The Hall–Kier alpha value is -2.10. The smallest absolute Gasteiger partial charge is 0.309 e. The Labute approximate surface area is 100 Å². The quantitative estimate of drug-likeness (QED) is 0.627. The Bertz CT molecular complexity index is 409. The van der Waals surface area contributed by atoms with Gasteiger partial charge >= 0.3 is 5.97 Å². The van der Waals surface area contributed by atoms with Crippen LogP contribution in [-0.4, -0.2) is 11.9 Å². The maximum atomic E-state index is 11.1. The van der Waals surface area contributed by atoms with Crippen molar-refractivity contribution in [3.63, 3.8) is 0 Å². The van der Waals surface area contributed by atoms with Gasteiger partial charge in [-0.25, -0.2) is 0 Å². The number of nitrogens with one attached hydrogen (secondary N) is 1. The van der Waals surface area contributed by atoms with E-state index in [1.807, 2.05) is 0 Å². The number of carbonyl (C=O) groups excluding carboxylic acids is 2. The highest BCUT2D eigenvalue weighted by atomic mass is 16.5. The van der Waals surface area contributed by atoms with Crippen molar-refractivity contribution < 1.29 is 14.3 Å². The minimum Gasteiger partial charge on any atom is -0.461 e. The second kappa shape index (κ2) is 6.48. The van der Waals surface area contributed by atoms with Crippen LogP contribution in [0.5, 0.6) is 0 Å². The minimum absolute atomic E-state index is 0.116. The summed E-state index contributed by atoms with van der Waals surface area (Å²) in [5.41, 5.74) is 1.59. The molecule has 0 aromatic heterocycles. The van der Waals surface area contributed by atoms with Crippen molar-refractivity contribution in [3.05, 3.63) is 42.5 Å². The third kappa shape index (κ3) is 4.97. The summed E-state index contributed by atoms with van der Waals surface area (Å²) in [6.45, 7) is 5.13. The summed E-state index contributed by atoms with van der Waals surface area (Å²) >= 11 is 0. The largest absolute Gasteiger partial charge is 0.461 e. The number of rotatable bonds is 5. The molecule has 0 heterocycles. The van der Waals surface area contributed by atoms with Gasteiger partial charge in [0.25, 0.3) is 0 Å². The van der Waals surface area contributed by atoms with Crippen LogP contribution in [0, 0.1) is 0 Å². The molecule has 1 N–H and O–H groups in total. The number of anilines is 1. The predicted molar refractivity (Wildman–Crippen MR) is 65.4 cm³/mol. The lowest BCUT2D eigenvalue weighted by Gasteiger charge is -2.05. The van der Waals surface area contributed by atoms with Gasteiger partial charge in [-0.1, -0.05) is 18.2 Å². The molecule has 0 aliphatic heterocycles. The third-order valence-corrected chi connectivity index (χ3v) is 1.99. The van der Waals surface area contributed by atoms with Crippen LogP contribution >= 0.6 is 0 Å². The second-order valence-electron chi connectivity index (χ2n) is 3.53. The number of amides is 1. The zero-order chi connectivity index (χ0) is 12.7. The Morgan fingerprint density at radius 2 is 2.00 bits per heavy atom. The molecule has 0 atom stereocenters. The predicted octanol–water partition coefficient (Wildman–Crippen LogP) is 2.26. The van der Waals surface area contributed by atoms with Crippen molar-refractivity contribution in [2.75, 3.05) is 5.32 Å². The fraction of sp³-hybridized carbons (Fsp3) is 0.231. The zero-order valence-electron chi connectivity index (χ0n) is 9.73. The fourth-order valence-electron chi connectivity index (χ4n) is 1.23. The average molecular weight is 233 g/mol. The van der Waals surface area contributed by atoms with Crippen molar-refractivity contribution in [3.8, 4) is 0 Å². The van der Waals surface area contributed by atoms with Crippen molar-refractivity contribution in [1.82, 2.24) is 0 Å². The number of benzene rings is 1. The molecular formula is C13H15NO3. The standard InChI is InChI=1S/C13H15NO3/c1-3-4-13(16)17-9-11-5-7-12(8-6-11)14-10(2)15/h3,5-8H,1,4,9H2,2H3,(H,14,15). The second-order valence-corrected chi connectivity index (χ2v) is 3.53. The van der Waals surface area contributed by atoms with Gasteiger partial charge in [-0.15, -0.1) is 6.58 Å². The van der Waals surface area contributed by atoms with E-state index in [1.54, 1.807) is 24.3 Å². The highest BCUT2D eigenvalue weighted by Gasteiger charge is 2.01. The Balaban J connectivity index is 2.48. The summed E-state index contributed by atoms with van der Waals surface area (Å²) < 4.78 is 4.99. The summed E-state index contributed by atoms with van der Waals surface area (Å²) in [7, 11) is 0. The summed E-state index contributed by atoms with van der Waals surface area (Å²) in [6.07, 6.45) is 1.71. The lowest BCUT2D eigenvalue weighted by molar-refractivity contribution is -0.143. The monoisotopic (exact) mass is 233 g/mol. The van der Waals surface area contributed by atoms with Crippen LogP contribution in [0.4, 0.5) is 5.69 Å². The summed E-state index contributed by atoms with van der Waals surface area (Å²) in [5.74, 6) is -0.416.